The molecule has 0 spiro atoms. The first-order valence-corrected chi connectivity index (χ1v) is 7.86. The van der Waals surface area contributed by atoms with Crippen LogP contribution in [-0.4, -0.2) is 26.2 Å². The highest BCUT2D eigenvalue weighted by molar-refractivity contribution is 14.2. The fraction of sp³-hybridized carbons (Fsp3) is 0.417. The van der Waals surface area contributed by atoms with Crippen LogP contribution in [0.2, 0.25) is 0 Å². The van der Waals surface area contributed by atoms with Crippen LogP contribution in [-0.2, 0) is 0 Å². The van der Waals surface area contributed by atoms with Crippen LogP contribution in [0.25, 0.3) is 0 Å². The Morgan fingerprint density at radius 3 is 2.94 bits per heavy atom. The van der Waals surface area contributed by atoms with E-state index in [1.807, 2.05) is 25.1 Å². The molecule has 2 atom stereocenters. The monoisotopic (exact) mass is 353 g/mol. The van der Waals surface area contributed by atoms with Crippen molar-refractivity contribution in [2.75, 3.05) is 11.9 Å². The van der Waals surface area contributed by atoms with Gasteiger partial charge in [-0.1, -0.05) is 22.2 Å². The highest BCUT2D eigenvalue weighted by Crippen LogP contribution is 2.42. The molecule has 1 aliphatic rings. The van der Waals surface area contributed by atoms with Gasteiger partial charge in [0.1, 0.15) is 6.10 Å². The number of anilines is 1. The van der Waals surface area contributed by atoms with Gasteiger partial charge in [-0.15, -0.1) is 0 Å². The summed E-state index contributed by atoms with van der Waals surface area (Å²) in [5.74, 6) is -0.540. The van der Waals surface area contributed by atoms with E-state index in [9.17, 15) is 13.9 Å². The van der Waals surface area contributed by atoms with Gasteiger partial charge < -0.3 is 10.4 Å². The molecular weight excluding hydrogens is 339 g/mol. The number of aliphatic hydroxyl groups excluding tert-OH is 1. The summed E-state index contributed by atoms with van der Waals surface area (Å²) >= 11 is -1.56. The van der Waals surface area contributed by atoms with Crippen molar-refractivity contribution in [2.24, 2.45) is 0 Å². The lowest BCUT2D eigenvalue weighted by atomic mass is 9.94. The number of halogens is 3. The van der Waals surface area contributed by atoms with Crippen LogP contribution in [0.1, 0.15) is 17.0 Å². The molecule has 94 valence electrons. The van der Waals surface area contributed by atoms with Crippen molar-refractivity contribution in [2.45, 2.75) is 22.9 Å². The third kappa shape index (κ3) is 2.35. The molecule has 0 amide bonds. The maximum atomic E-state index is 13.5. The van der Waals surface area contributed by atoms with E-state index in [4.69, 9.17) is 0 Å². The van der Waals surface area contributed by atoms with E-state index in [2.05, 4.69) is 9.83 Å². The van der Waals surface area contributed by atoms with Gasteiger partial charge in [-0.3, -0.25) is 0 Å². The standard InChI is InChI=1S/C12H14F2INO/c1-7-3-4-10-8(5-7)9(6-16-10)11(17)12(13,14)15-2/h3-5,9,11,16-17H,2,6H2,1H3. The van der Waals surface area contributed by atoms with E-state index in [1.165, 1.54) is 0 Å². The maximum absolute atomic E-state index is 13.5. The van der Waals surface area contributed by atoms with E-state index in [-0.39, 0.29) is 0 Å². The minimum absolute atomic E-state index is 0.360. The third-order valence-corrected chi connectivity index (χ3v) is 4.67. The Balaban J connectivity index is 2.33. The molecule has 2 rings (SSSR count). The van der Waals surface area contributed by atoms with Crippen molar-refractivity contribution >= 4 is 30.9 Å². The van der Waals surface area contributed by atoms with Crippen LogP contribution < -0.4 is 5.32 Å². The lowest BCUT2D eigenvalue weighted by Crippen LogP contribution is -2.34. The molecule has 5 heteroatoms. The SMILES string of the molecule is C=IC(F)(F)C(O)C1CNc2ccc(C)cc21. The summed E-state index contributed by atoms with van der Waals surface area (Å²) in [6, 6.07) is 5.66. The van der Waals surface area contributed by atoms with E-state index in [1.54, 1.807) is 0 Å². The second-order valence-electron chi connectivity index (χ2n) is 4.20. The zero-order valence-electron chi connectivity index (χ0n) is 9.38. The molecule has 1 aromatic rings. The Labute approximate surface area is 109 Å². The van der Waals surface area contributed by atoms with Gasteiger partial charge in [0.25, 0.3) is 0 Å². The summed E-state index contributed by atoms with van der Waals surface area (Å²) in [5, 5.41) is 12.9. The Kier molecular flexibility index (Phi) is 3.49. The second-order valence-corrected chi connectivity index (χ2v) is 6.40. The Morgan fingerprint density at radius 2 is 2.29 bits per heavy atom. The Morgan fingerprint density at radius 1 is 1.59 bits per heavy atom. The van der Waals surface area contributed by atoms with E-state index in [0.717, 1.165) is 16.8 Å². The first kappa shape index (κ1) is 12.9. The Bertz CT molecular complexity index is 450. The quantitative estimate of drug-likeness (QED) is 0.647. The zero-order valence-corrected chi connectivity index (χ0v) is 11.5. The average Bonchev–Trinajstić information content (AvgIpc) is 2.70. The summed E-state index contributed by atoms with van der Waals surface area (Å²) < 4.78 is 27.3. The summed E-state index contributed by atoms with van der Waals surface area (Å²) in [6.45, 7) is 2.27. The van der Waals surface area contributed by atoms with Gasteiger partial charge in [0, 0.05) is 18.2 Å². The maximum Gasteiger partial charge on any atom is 0.317 e. The van der Waals surface area contributed by atoms with Crippen LogP contribution >= 0.6 is 20.7 Å². The fourth-order valence-electron chi connectivity index (χ4n) is 2.07. The molecule has 0 aliphatic carbocycles. The van der Waals surface area contributed by atoms with E-state index in [0.29, 0.717) is 6.54 Å². The van der Waals surface area contributed by atoms with E-state index >= 15 is 0 Å². The van der Waals surface area contributed by atoms with Crippen molar-refractivity contribution in [1.82, 2.24) is 0 Å². The van der Waals surface area contributed by atoms with Crippen molar-refractivity contribution in [1.29, 1.82) is 0 Å². The first-order chi connectivity index (χ1) is 7.95. The summed E-state index contributed by atoms with van der Waals surface area (Å²) in [6.07, 6.45) is -1.64. The molecule has 1 aromatic carbocycles. The van der Waals surface area contributed by atoms with Gasteiger partial charge >= 0.3 is 3.93 Å². The van der Waals surface area contributed by atoms with Gasteiger partial charge in [-0.05, 0) is 39.3 Å². The number of aryl methyl sites for hydroxylation is 1. The molecule has 17 heavy (non-hydrogen) atoms. The van der Waals surface area contributed by atoms with Crippen LogP contribution in [0.15, 0.2) is 18.2 Å². The van der Waals surface area contributed by atoms with Gasteiger partial charge in [0.2, 0.25) is 0 Å². The fourth-order valence-corrected chi connectivity index (χ4v) is 2.95. The molecule has 1 heterocycles. The first-order valence-electron chi connectivity index (χ1n) is 5.25. The molecule has 0 fully saturated rings. The Hall–Kier alpha value is -0.560. The average molecular weight is 353 g/mol. The molecule has 0 saturated carbocycles. The minimum atomic E-state index is -3.03. The number of benzene rings is 1. The smallest absolute Gasteiger partial charge is 0.317 e. The van der Waals surface area contributed by atoms with Crippen molar-refractivity contribution in [3.63, 3.8) is 0 Å². The highest BCUT2D eigenvalue weighted by atomic mass is 127. The van der Waals surface area contributed by atoms with Crippen molar-refractivity contribution < 1.29 is 13.9 Å². The topological polar surface area (TPSA) is 32.3 Å². The number of hydrogen-bond acceptors (Lipinski definition) is 2. The number of fused-ring (bicyclic) bond motifs is 1. The summed E-state index contributed by atoms with van der Waals surface area (Å²) in [4.78, 5) is 0. The molecule has 2 unspecified atom stereocenters. The predicted octanol–water partition coefficient (Wildman–Crippen LogP) is 2.86. The number of hydrogen-bond donors (Lipinski definition) is 2. The zero-order chi connectivity index (χ0) is 12.6. The lowest BCUT2D eigenvalue weighted by Gasteiger charge is -2.24. The van der Waals surface area contributed by atoms with Gasteiger partial charge in [-0.2, -0.15) is 8.78 Å². The third-order valence-electron chi connectivity index (χ3n) is 3.01. The summed E-state index contributed by atoms with van der Waals surface area (Å²) in [7, 11) is 0. The number of rotatable bonds is 3. The molecule has 1 aliphatic heterocycles. The normalized spacial score (nSPS) is 20.8. The van der Waals surface area contributed by atoms with Crippen LogP contribution in [0.5, 0.6) is 0 Å². The molecule has 0 saturated heterocycles. The minimum Gasteiger partial charge on any atom is -0.385 e. The van der Waals surface area contributed by atoms with Crippen LogP contribution in [0.4, 0.5) is 14.5 Å². The van der Waals surface area contributed by atoms with Gasteiger partial charge in [-0.25, -0.2) is 0 Å². The van der Waals surface area contributed by atoms with Crippen LogP contribution in [0, 0.1) is 6.92 Å². The predicted molar refractivity (Wildman–Crippen MR) is 74.5 cm³/mol. The highest BCUT2D eigenvalue weighted by Gasteiger charge is 2.44. The number of alkyl halides is 3. The second kappa shape index (κ2) is 4.61. The largest absolute Gasteiger partial charge is 0.385 e. The van der Waals surface area contributed by atoms with Crippen molar-refractivity contribution in [3.8, 4) is 0 Å². The molecule has 0 bridgehead atoms. The lowest BCUT2D eigenvalue weighted by molar-refractivity contribution is -0.0309. The van der Waals surface area contributed by atoms with Crippen molar-refractivity contribution in [3.05, 3.63) is 29.3 Å². The summed E-state index contributed by atoms with van der Waals surface area (Å²) in [5.41, 5.74) is 2.64. The van der Waals surface area contributed by atoms with E-state index < -0.39 is 36.7 Å². The molecule has 0 aromatic heterocycles. The van der Waals surface area contributed by atoms with Gasteiger partial charge in [0.15, 0.2) is 0 Å². The van der Waals surface area contributed by atoms with Gasteiger partial charge in [0.05, 0.1) is 0 Å². The van der Waals surface area contributed by atoms with Crippen LogP contribution in [0.3, 0.4) is 0 Å². The number of aliphatic hydroxyl groups is 1. The number of nitrogens with one attached hydrogen (secondary N) is 1. The molecule has 0 radical (unpaired) electrons. The molecule has 2 nitrogen and oxygen atoms in total. The molecule has 2 N–H and O–H groups in total. The molecular formula is C12H14F2INO.